The van der Waals surface area contributed by atoms with Gasteiger partial charge in [-0.05, 0) is 32.8 Å². The van der Waals surface area contributed by atoms with Crippen LogP contribution in [0.3, 0.4) is 0 Å². The van der Waals surface area contributed by atoms with Crippen LogP contribution in [-0.2, 0) is 11.8 Å². The van der Waals surface area contributed by atoms with E-state index in [1.165, 1.54) is 24.6 Å². The van der Waals surface area contributed by atoms with Crippen LogP contribution in [0.1, 0.15) is 38.4 Å². The lowest BCUT2D eigenvalue weighted by molar-refractivity contribution is -0.130. The molecular weight excluding hydrogens is 324 g/mol. The summed E-state index contributed by atoms with van der Waals surface area (Å²) in [5.41, 5.74) is 0.934. The molecule has 24 heavy (non-hydrogen) atoms. The van der Waals surface area contributed by atoms with Crippen LogP contribution in [0.2, 0.25) is 0 Å². The van der Waals surface area contributed by atoms with Crippen LogP contribution in [0.5, 0.6) is 0 Å². The average molecular weight is 348 g/mol. The lowest BCUT2D eigenvalue weighted by atomic mass is 10.2. The Balaban J connectivity index is 1.70. The van der Waals surface area contributed by atoms with Gasteiger partial charge in [-0.25, -0.2) is 0 Å². The van der Waals surface area contributed by atoms with Gasteiger partial charge < -0.3 is 13.9 Å². The smallest absolute Gasteiger partial charge is 0.235 e. The zero-order chi connectivity index (χ0) is 17.1. The van der Waals surface area contributed by atoms with Crippen molar-refractivity contribution in [3.05, 3.63) is 18.1 Å². The van der Waals surface area contributed by atoms with Crippen LogP contribution in [0.25, 0.3) is 11.4 Å². The number of furan rings is 1. The molecule has 0 radical (unpaired) electrons. The largest absolute Gasteiger partial charge is 0.469 e. The van der Waals surface area contributed by atoms with Gasteiger partial charge in [-0.15, -0.1) is 10.2 Å². The number of nitrogens with zero attached hydrogens (tertiary/aromatic N) is 4. The molecule has 130 valence electrons. The standard InChI is InChI=1S/C17H24N4O2S/c1-12-14(8-11-23-12)15-18-19-17(20(15)3)24-13(2)16(22)21-9-6-4-5-7-10-21/h8,11,13H,4-7,9-10H2,1-3H3. The highest BCUT2D eigenvalue weighted by Crippen LogP contribution is 2.28. The van der Waals surface area contributed by atoms with Gasteiger partial charge in [-0.2, -0.15) is 0 Å². The Hall–Kier alpha value is -1.76. The number of rotatable bonds is 4. The van der Waals surface area contributed by atoms with Gasteiger partial charge >= 0.3 is 0 Å². The maximum absolute atomic E-state index is 12.7. The van der Waals surface area contributed by atoms with Crippen molar-refractivity contribution in [3.63, 3.8) is 0 Å². The third kappa shape index (κ3) is 3.50. The maximum Gasteiger partial charge on any atom is 0.235 e. The normalized spacial score (nSPS) is 16.9. The van der Waals surface area contributed by atoms with Crippen LogP contribution in [0.4, 0.5) is 0 Å². The van der Waals surface area contributed by atoms with Gasteiger partial charge in [0.2, 0.25) is 5.91 Å². The van der Waals surface area contributed by atoms with Gasteiger partial charge in [0.1, 0.15) is 5.76 Å². The van der Waals surface area contributed by atoms with E-state index in [-0.39, 0.29) is 11.2 Å². The second-order valence-corrected chi connectivity index (χ2v) is 7.56. The summed E-state index contributed by atoms with van der Waals surface area (Å²) in [6.07, 6.45) is 6.32. The summed E-state index contributed by atoms with van der Waals surface area (Å²) in [5, 5.41) is 9.12. The number of aryl methyl sites for hydroxylation is 1. The van der Waals surface area contributed by atoms with Crippen molar-refractivity contribution in [3.8, 4) is 11.4 Å². The maximum atomic E-state index is 12.7. The Morgan fingerprint density at radius 3 is 2.58 bits per heavy atom. The zero-order valence-corrected chi connectivity index (χ0v) is 15.3. The molecule has 0 bridgehead atoms. The molecule has 0 aliphatic carbocycles. The highest BCUT2D eigenvalue weighted by molar-refractivity contribution is 8.00. The summed E-state index contributed by atoms with van der Waals surface area (Å²) in [6, 6.07) is 1.89. The van der Waals surface area contributed by atoms with E-state index in [1.807, 2.05) is 36.4 Å². The lowest BCUT2D eigenvalue weighted by Gasteiger charge is -2.23. The predicted octanol–water partition coefficient (Wildman–Crippen LogP) is 3.27. The molecule has 1 fully saturated rings. The fourth-order valence-electron chi connectivity index (χ4n) is 3.03. The minimum atomic E-state index is -0.163. The molecule has 0 spiro atoms. The Labute approximate surface area is 146 Å². The van der Waals surface area contributed by atoms with E-state index in [2.05, 4.69) is 10.2 Å². The van der Waals surface area contributed by atoms with Crippen molar-refractivity contribution in [2.24, 2.45) is 7.05 Å². The fourth-order valence-corrected chi connectivity index (χ4v) is 3.92. The molecule has 1 aliphatic rings. The molecule has 1 unspecified atom stereocenters. The van der Waals surface area contributed by atoms with Crippen molar-refractivity contribution in [2.45, 2.75) is 49.9 Å². The molecule has 1 aliphatic heterocycles. The van der Waals surface area contributed by atoms with Gasteiger partial charge in [0.05, 0.1) is 17.1 Å². The number of hydrogen-bond acceptors (Lipinski definition) is 5. The van der Waals surface area contributed by atoms with E-state index in [1.54, 1.807) is 6.26 Å². The highest BCUT2D eigenvalue weighted by atomic mass is 32.2. The quantitative estimate of drug-likeness (QED) is 0.794. The summed E-state index contributed by atoms with van der Waals surface area (Å²) in [4.78, 5) is 14.7. The average Bonchev–Trinajstić information content (AvgIpc) is 3.02. The molecule has 1 amide bonds. The molecule has 0 aromatic carbocycles. The van der Waals surface area contributed by atoms with Crippen LogP contribution in [-0.4, -0.2) is 43.9 Å². The molecule has 3 heterocycles. The number of aromatic nitrogens is 3. The van der Waals surface area contributed by atoms with E-state index in [9.17, 15) is 4.79 Å². The zero-order valence-electron chi connectivity index (χ0n) is 14.5. The number of carbonyl (C=O) groups excluding carboxylic acids is 1. The monoisotopic (exact) mass is 348 g/mol. The van der Waals surface area contributed by atoms with Gasteiger partial charge in [0.15, 0.2) is 11.0 Å². The molecular formula is C17H24N4O2S. The Morgan fingerprint density at radius 2 is 1.96 bits per heavy atom. The fraction of sp³-hybridized carbons (Fsp3) is 0.588. The Bertz CT molecular complexity index is 701. The van der Waals surface area contributed by atoms with E-state index in [0.717, 1.165) is 48.2 Å². The first-order valence-corrected chi connectivity index (χ1v) is 9.35. The molecule has 2 aromatic rings. The summed E-state index contributed by atoms with van der Waals surface area (Å²) in [5.74, 6) is 1.78. The van der Waals surface area contributed by atoms with Gasteiger partial charge in [-0.1, -0.05) is 24.6 Å². The molecule has 6 nitrogen and oxygen atoms in total. The van der Waals surface area contributed by atoms with Crippen LogP contribution < -0.4 is 0 Å². The van der Waals surface area contributed by atoms with Crippen LogP contribution in [0, 0.1) is 6.92 Å². The molecule has 1 saturated heterocycles. The molecule has 0 N–H and O–H groups in total. The van der Waals surface area contributed by atoms with Crippen molar-refractivity contribution in [1.29, 1.82) is 0 Å². The highest BCUT2D eigenvalue weighted by Gasteiger charge is 2.25. The van der Waals surface area contributed by atoms with Crippen molar-refractivity contribution in [1.82, 2.24) is 19.7 Å². The van der Waals surface area contributed by atoms with Crippen molar-refractivity contribution < 1.29 is 9.21 Å². The third-order valence-electron chi connectivity index (χ3n) is 4.48. The number of thioether (sulfide) groups is 1. The van der Waals surface area contributed by atoms with E-state index < -0.39 is 0 Å². The van der Waals surface area contributed by atoms with Crippen molar-refractivity contribution in [2.75, 3.05) is 13.1 Å². The first-order valence-electron chi connectivity index (χ1n) is 8.47. The van der Waals surface area contributed by atoms with E-state index in [0.29, 0.717) is 0 Å². The molecule has 3 rings (SSSR count). The first kappa shape index (κ1) is 17.1. The summed E-state index contributed by atoms with van der Waals surface area (Å²) < 4.78 is 7.27. The SMILES string of the molecule is Cc1occc1-c1nnc(SC(C)C(=O)N2CCCCCC2)n1C. The second-order valence-electron chi connectivity index (χ2n) is 6.26. The molecule has 0 saturated carbocycles. The lowest BCUT2D eigenvalue weighted by Crippen LogP contribution is -2.37. The minimum Gasteiger partial charge on any atom is -0.469 e. The third-order valence-corrected chi connectivity index (χ3v) is 5.60. The van der Waals surface area contributed by atoms with Crippen LogP contribution in [0.15, 0.2) is 21.9 Å². The minimum absolute atomic E-state index is 0.163. The number of hydrogen-bond donors (Lipinski definition) is 0. The van der Waals surface area contributed by atoms with Gasteiger partial charge in [0.25, 0.3) is 0 Å². The number of carbonyl (C=O) groups is 1. The summed E-state index contributed by atoms with van der Waals surface area (Å²) in [7, 11) is 1.92. The van der Waals surface area contributed by atoms with E-state index in [4.69, 9.17) is 4.42 Å². The molecule has 7 heteroatoms. The van der Waals surface area contributed by atoms with Gasteiger partial charge in [-0.3, -0.25) is 4.79 Å². The Morgan fingerprint density at radius 1 is 1.25 bits per heavy atom. The molecule has 2 aromatic heterocycles. The van der Waals surface area contributed by atoms with E-state index >= 15 is 0 Å². The number of amides is 1. The van der Waals surface area contributed by atoms with Crippen LogP contribution >= 0.6 is 11.8 Å². The first-order chi connectivity index (χ1) is 11.6. The number of likely N-dealkylation sites (tertiary alicyclic amines) is 1. The predicted molar refractivity (Wildman–Crippen MR) is 93.8 cm³/mol. The second kappa shape index (κ2) is 7.42. The topological polar surface area (TPSA) is 64.2 Å². The molecule has 1 atom stereocenters. The summed E-state index contributed by atoms with van der Waals surface area (Å²) >= 11 is 1.47. The van der Waals surface area contributed by atoms with Crippen molar-refractivity contribution >= 4 is 17.7 Å². The van der Waals surface area contributed by atoms with Gasteiger partial charge in [0, 0.05) is 20.1 Å². The Kier molecular flexibility index (Phi) is 5.28. The summed E-state index contributed by atoms with van der Waals surface area (Å²) in [6.45, 7) is 5.61.